The molecule has 0 radical (unpaired) electrons. The highest BCUT2D eigenvalue weighted by Crippen LogP contribution is 2.31. The maximum absolute atomic E-state index is 10.5. The molecule has 1 N–H and O–H groups in total. The Bertz CT molecular complexity index is 633. The molecule has 5 nitrogen and oxygen atoms in total. The molecule has 2 aromatic rings. The second-order valence-corrected chi connectivity index (χ2v) is 5.76. The Balaban J connectivity index is 1.75. The summed E-state index contributed by atoms with van der Waals surface area (Å²) >= 11 is 1.69. The van der Waals surface area contributed by atoms with E-state index in [4.69, 9.17) is 5.11 Å². The van der Waals surface area contributed by atoms with Crippen LogP contribution in [0.1, 0.15) is 24.0 Å². The molecule has 0 aliphatic heterocycles. The Labute approximate surface area is 126 Å². The van der Waals surface area contributed by atoms with Crippen LogP contribution in [0, 0.1) is 0 Å². The van der Waals surface area contributed by atoms with E-state index in [1.807, 2.05) is 0 Å². The number of carboxylic acid groups (broad SMARTS) is 1. The maximum atomic E-state index is 10.5. The van der Waals surface area contributed by atoms with Gasteiger partial charge in [0.15, 0.2) is 0 Å². The van der Waals surface area contributed by atoms with Crippen LogP contribution in [0.15, 0.2) is 35.3 Å². The molecule has 3 rings (SSSR count). The van der Waals surface area contributed by atoms with Crippen LogP contribution < -0.4 is 4.90 Å². The summed E-state index contributed by atoms with van der Waals surface area (Å²) in [6, 6.07) is 2.63. The fourth-order valence-corrected chi connectivity index (χ4v) is 2.72. The van der Waals surface area contributed by atoms with Crippen molar-refractivity contribution < 1.29 is 9.90 Å². The van der Waals surface area contributed by atoms with E-state index in [1.54, 1.807) is 23.7 Å². The largest absolute Gasteiger partial charge is 0.478 e. The van der Waals surface area contributed by atoms with Gasteiger partial charge in [0.2, 0.25) is 5.95 Å². The Kier molecular flexibility index (Phi) is 3.96. The van der Waals surface area contributed by atoms with E-state index in [-0.39, 0.29) is 0 Å². The molecule has 0 saturated heterocycles. The summed E-state index contributed by atoms with van der Waals surface area (Å²) in [7, 11) is 0. The molecule has 1 fully saturated rings. The fraction of sp³-hybridized carbons (Fsp3) is 0.267. The average molecular weight is 301 g/mol. The molecular weight excluding hydrogens is 286 g/mol. The first-order valence-electron chi connectivity index (χ1n) is 6.73. The van der Waals surface area contributed by atoms with E-state index < -0.39 is 5.97 Å². The second kappa shape index (κ2) is 6.05. The lowest BCUT2D eigenvalue weighted by atomic mass is 10.3. The minimum atomic E-state index is -0.976. The van der Waals surface area contributed by atoms with Crippen molar-refractivity contribution in [2.45, 2.75) is 25.4 Å². The van der Waals surface area contributed by atoms with Gasteiger partial charge in [-0.25, -0.2) is 14.8 Å². The molecule has 2 heterocycles. The first-order chi connectivity index (χ1) is 10.2. The minimum Gasteiger partial charge on any atom is -0.478 e. The van der Waals surface area contributed by atoms with Gasteiger partial charge in [-0.3, -0.25) is 0 Å². The van der Waals surface area contributed by atoms with Crippen molar-refractivity contribution in [3.63, 3.8) is 0 Å². The van der Waals surface area contributed by atoms with Gasteiger partial charge in [0.05, 0.1) is 0 Å². The molecule has 0 amide bonds. The van der Waals surface area contributed by atoms with Gasteiger partial charge >= 0.3 is 5.97 Å². The smallest absolute Gasteiger partial charge is 0.328 e. The number of aliphatic carboxylic acids is 1. The highest BCUT2D eigenvalue weighted by molar-refractivity contribution is 7.07. The third kappa shape index (κ3) is 3.66. The van der Waals surface area contributed by atoms with Gasteiger partial charge in [-0.1, -0.05) is 0 Å². The Morgan fingerprint density at radius 1 is 1.43 bits per heavy atom. The van der Waals surface area contributed by atoms with Crippen LogP contribution in [-0.2, 0) is 11.3 Å². The summed E-state index contributed by atoms with van der Waals surface area (Å²) in [5, 5.41) is 12.8. The number of anilines is 1. The van der Waals surface area contributed by atoms with Crippen LogP contribution in [-0.4, -0.2) is 27.1 Å². The maximum Gasteiger partial charge on any atom is 0.328 e. The van der Waals surface area contributed by atoms with E-state index >= 15 is 0 Å². The molecule has 1 aliphatic rings. The van der Waals surface area contributed by atoms with Crippen molar-refractivity contribution in [1.29, 1.82) is 0 Å². The van der Waals surface area contributed by atoms with Crippen LogP contribution in [0.2, 0.25) is 0 Å². The predicted molar refractivity (Wildman–Crippen MR) is 82.2 cm³/mol. The Morgan fingerprint density at radius 2 is 2.19 bits per heavy atom. The second-order valence-electron chi connectivity index (χ2n) is 4.98. The summed E-state index contributed by atoms with van der Waals surface area (Å²) in [4.78, 5) is 21.4. The van der Waals surface area contributed by atoms with Crippen LogP contribution in [0.3, 0.4) is 0 Å². The highest BCUT2D eigenvalue weighted by atomic mass is 32.1. The number of aromatic nitrogens is 2. The van der Waals surface area contributed by atoms with Gasteiger partial charge in [-0.2, -0.15) is 11.3 Å². The molecule has 0 bridgehead atoms. The number of rotatable bonds is 6. The van der Waals surface area contributed by atoms with Crippen molar-refractivity contribution >= 4 is 29.3 Å². The molecule has 0 atom stereocenters. The molecule has 1 saturated carbocycles. The van der Waals surface area contributed by atoms with E-state index in [0.717, 1.165) is 12.6 Å². The van der Waals surface area contributed by atoms with Gasteiger partial charge in [-0.05, 0) is 41.3 Å². The average Bonchev–Trinajstić information content (AvgIpc) is 3.20. The predicted octanol–water partition coefficient (Wildman–Crippen LogP) is 2.80. The summed E-state index contributed by atoms with van der Waals surface area (Å²) in [6.07, 6.45) is 8.24. The third-order valence-corrected chi connectivity index (χ3v) is 3.99. The number of carbonyl (C=O) groups is 1. The molecule has 0 spiro atoms. The van der Waals surface area contributed by atoms with Gasteiger partial charge < -0.3 is 10.0 Å². The Hall–Kier alpha value is -2.21. The first kappa shape index (κ1) is 13.8. The lowest BCUT2D eigenvalue weighted by Crippen LogP contribution is -2.26. The van der Waals surface area contributed by atoms with E-state index in [9.17, 15) is 4.79 Å². The summed E-state index contributed by atoms with van der Waals surface area (Å²) < 4.78 is 0. The first-order valence-corrected chi connectivity index (χ1v) is 7.67. The molecule has 21 heavy (non-hydrogen) atoms. The van der Waals surface area contributed by atoms with Crippen LogP contribution in [0.4, 0.5) is 5.95 Å². The topological polar surface area (TPSA) is 66.3 Å². The molecule has 0 aromatic carbocycles. The third-order valence-electron chi connectivity index (χ3n) is 3.25. The number of nitrogens with zero attached hydrogens (tertiary/aromatic N) is 3. The number of thiophene rings is 1. The molecular formula is C15H15N3O2S. The van der Waals surface area contributed by atoms with E-state index in [1.165, 1.54) is 24.5 Å². The lowest BCUT2D eigenvalue weighted by molar-refractivity contribution is -0.131. The standard InChI is InChI=1S/C15H15N3O2S/c19-14(20)4-1-11-7-16-15(17-8-11)18(13-2-3-13)9-12-5-6-21-10-12/h1,4-8,10,13H,2-3,9H2,(H,19,20)/b4-1+. The number of carboxylic acids is 1. The van der Waals surface area contributed by atoms with Gasteiger partial charge in [0.1, 0.15) is 0 Å². The molecule has 6 heteroatoms. The van der Waals surface area contributed by atoms with E-state index in [2.05, 4.69) is 31.7 Å². The van der Waals surface area contributed by atoms with Gasteiger partial charge in [0, 0.05) is 36.6 Å². The van der Waals surface area contributed by atoms with Gasteiger partial charge in [0.25, 0.3) is 0 Å². The van der Waals surface area contributed by atoms with Crippen molar-refractivity contribution in [2.24, 2.45) is 0 Å². The summed E-state index contributed by atoms with van der Waals surface area (Å²) in [5.74, 6) is -0.271. The normalized spacial score (nSPS) is 14.5. The van der Waals surface area contributed by atoms with E-state index in [0.29, 0.717) is 17.6 Å². The Morgan fingerprint density at radius 3 is 2.76 bits per heavy atom. The van der Waals surface area contributed by atoms with Crippen molar-refractivity contribution in [1.82, 2.24) is 9.97 Å². The minimum absolute atomic E-state index is 0.519. The number of hydrogen-bond acceptors (Lipinski definition) is 5. The van der Waals surface area contributed by atoms with Crippen LogP contribution in [0.5, 0.6) is 0 Å². The van der Waals surface area contributed by atoms with Crippen molar-refractivity contribution in [3.05, 3.63) is 46.4 Å². The SMILES string of the molecule is O=C(O)/C=C/c1cnc(N(Cc2ccsc2)C2CC2)nc1. The summed E-state index contributed by atoms with van der Waals surface area (Å²) in [5.41, 5.74) is 1.96. The van der Waals surface area contributed by atoms with Crippen LogP contribution in [0.25, 0.3) is 6.08 Å². The zero-order chi connectivity index (χ0) is 14.7. The van der Waals surface area contributed by atoms with Crippen molar-refractivity contribution in [3.8, 4) is 0 Å². The zero-order valence-electron chi connectivity index (χ0n) is 11.3. The molecule has 0 unspecified atom stereocenters. The van der Waals surface area contributed by atoms with Crippen LogP contribution >= 0.6 is 11.3 Å². The monoisotopic (exact) mass is 301 g/mol. The van der Waals surface area contributed by atoms with Gasteiger partial charge in [-0.15, -0.1) is 0 Å². The molecule has 108 valence electrons. The zero-order valence-corrected chi connectivity index (χ0v) is 12.2. The lowest BCUT2D eigenvalue weighted by Gasteiger charge is -2.21. The van der Waals surface area contributed by atoms with Crippen molar-refractivity contribution in [2.75, 3.05) is 4.90 Å². The quantitative estimate of drug-likeness (QED) is 0.831. The molecule has 2 aromatic heterocycles. The summed E-state index contributed by atoms with van der Waals surface area (Å²) in [6.45, 7) is 0.818. The molecule has 1 aliphatic carbocycles. The highest BCUT2D eigenvalue weighted by Gasteiger charge is 2.30. The number of hydrogen-bond donors (Lipinski definition) is 1. The fourth-order valence-electron chi connectivity index (χ4n) is 2.06.